The Labute approximate surface area is 104 Å². The molecule has 2 heterocycles. The molecule has 1 aromatic heterocycles. The monoisotopic (exact) mass is 254 g/mol. The first-order chi connectivity index (χ1) is 8.25. The molecule has 0 aliphatic carbocycles. The number of thioether (sulfide) groups is 1. The van der Waals surface area contributed by atoms with Crippen LogP contribution in [0.3, 0.4) is 0 Å². The van der Waals surface area contributed by atoms with Gasteiger partial charge in [-0.3, -0.25) is 9.78 Å². The second-order valence-corrected chi connectivity index (χ2v) is 5.21. The van der Waals surface area contributed by atoms with Crippen LogP contribution in [0.5, 0.6) is 0 Å². The van der Waals surface area contributed by atoms with Crippen LogP contribution in [0.15, 0.2) is 18.3 Å². The third-order valence-electron chi connectivity index (χ3n) is 2.77. The average molecular weight is 254 g/mol. The first kappa shape index (κ1) is 12.5. The summed E-state index contributed by atoms with van der Waals surface area (Å²) >= 11 is 1.95. The first-order valence-electron chi connectivity index (χ1n) is 5.70. The predicted octanol–water partition coefficient (Wildman–Crippen LogP) is 1.84. The van der Waals surface area contributed by atoms with Gasteiger partial charge in [0.1, 0.15) is 11.5 Å². The largest absolute Gasteiger partial charge is 0.301 e. The summed E-state index contributed by atoms with van der Waals surface area (Å²) in [5.41, 5.74) is 0.359. The van der Waals surface area contributed by atoms with Crippen molar-refractivity contribution >= 4 is 17.5 Å². The van der Waals surface area contributed by atoms with Gasteiger partial charge >= 0.3 is 0 Å². The molecular weight excluding hydrogens is 239 g/mol. The van der Waals surface area contributed by atoms with Crippen LogP contribution < -0.4 is 0 Å². The highest BCUT2D eigenvalue weighted by Crippen LogP contribution is 2.10. The Balaban J connectivity index is 1.82. The molecule has 0 bridgehead atoms. The number of rotatable bonds is 4. The summed E-state index contributed by atoms with van der Waals surface area (Å²) in [6.45, 7) is 2.88. The average Bonchev–Trinajstić information content (AvgIpc) is 2.38. The Bertz CT molecular complexity index is 377. The summed E-state index contributed by atoms with van der Waals surface area (Å²) in [6, 6.07) is 2.72. The molecule has 0 unspecified atom stereocenters. The molecule has 1 aromatic rings. The van der Waals surface area contributed by atoms with Gasteiger partial charge in [0.25, 0.3) is 0 Å². The number of carbonyl (C=O) groups excluding carboxylic acids is 1. The molecular formula is C12H15FN2OS. The van der Waals surface area contributed by atoms with E-state index in [-0.39, 0.29) is 5.78 Å². The van der Waals surface area contributed by atoms with E-state index in [1.807, 2.05) is 11.8 Å². The van der Waals surface area contributed by atoms with Crippen molar-refractivity contribution in [1.29, 1.82) is 0 Å². The molecule has 0 radical (unpaired) electrons. The molecule has 17 heavy (non-hydrogen) atoms. The molecule has 1 aliphatic heterocycles. The zero-order chi connectivity index (χ0) is 12.1. The van der Waals surface area contributed by atoms with Crippen LogP contribution in [0.2, 0.25) is 0 Å². The zero-order valence-electron chi connectivity index (χ0n) is 9.56. The smallest absolute Gasteiger partial charge is 0.182 e. The first-order valence-corrected chi connectivity index (χ1v) is 6.86. The van der Waals surface area contributed by atoms with Gasteiger partial charge in [0.2, 0.25) is 0 Å². The molecule has 0 amide bonds. The number of halogens is 1. The van der Waals surface area contributed by atoms with E-state index in [2.05, 4.69) is 9.88 Å². The molecule has 2 rings (SSSR count). The van der Waals surface area contributed by atoms with E-state index in [1.165, 1.54) is 12.1 Å². The SMILES string of the molecule is O=C(CCN1CCSCC1)c1ccc(F)cn1. The minimum atomic E-state index is -0.408. The number of carbonyl (C=O) groups is 1. The van der Waals surface area contributed by atoms with Gasteiger partial charge in [0.05, 0.1) is 6.20 Å². The van der Waals surface area contributed by atoms with Gasteiger partial charge in [-0.2, -0.15) is 11.8 Å². The van der Waals surface area contributed by atoms with Gasteiger partial charge in [-0.1, -0.05) is 0 Å². The predicted molar refractivity (Wildman–Crippen MR) is 66.9 cm³/mol. The third kappa shape index (κ3) is 3.78. The number of pyridine rings is 1. The van der Waals surface area contributed by atoms with Crippen LogP contribution in [-0.2, 0) is 0 Å². The van der Waals surface area contributed by atoms with Crippen LogP contribution in [-0.4, -0.2) is 46.8 Å². The topological polar surface area (TPSA) is 33.2 Å². The lowest BCUT2D eigenvalue weighted by atomic mass is 10.2. The summed E-state index contributed by atoms with van der Waals surface area (Å²) in [4.78, 5) is 17.9. The Morgan fingerprint density at radius 1 is 1.41 bits per heavy atom. The summed E-state index contributed by atoms with van der Waals surface area (Å²) < 4.78 is 12.6. The Morgan fingerprint density at radius 3 is 2.82 bits per heavy atom. The van der Waals surface area contributed by atoms with Crippen LogP contribution in [0, 0.1) is 5.82 Å². The second-order valence-electron chi connectivity index (χ2n) is 3.99. The number of aromatic nitrogens is 1. The van der Waals surface area contributed by atoms with Gasteiger partial charge in [0.15, 0.2) is 5.78 Å². The zero-order valence-corrected chi connectivity index (χ0v) is 10.4. The van der Waals surface area contributed by atoms with E-state index in [0.717, 1.165) is 37.3 Å². The lowest BCUT2D eigenvalue weighted by Crippen LogP contribution is -2.34. The molecule has 3 nitrogen and oxygen atoms in total. The summed E-state index contributed by atoms with van der Waals surface area (Å²) in [5.74, 6) is 1.87. The normalized spacial score (nSPS) is 17.0. The molecule has 92 valence electrons. The number of hydrogen-bond donors (Lipinski definition) is 0. The van der Waals surface area contributed by atoms with Crippen molar-refractivity contribution in [2.45, 2.75) is 6.42 Å². The highest BCUT2D eigenvalue weighted by atomic mass is 32.2. The van der Waals surface area contributed by atoms with Gasteiger partial charge in [-0.25, -0.2) is 4.39 Å². The number of ketones is 1. The van der Waals surface area contributed by atoms with Crippen LogP contribution in [0.25, 0.3) is 0 Å². The van der Waals surface area contributed by atoms with Crippen LogP contribution in [0.4, 0.5) is 4.39 Å². The Hall–Kier alpha value is -0.940. The number of nitrogens with zero attached hydrogens (tertiary/aromatic N) is 2. The van der Waals surface area contributed by atoms with Gasteiger partial charge in [-0.05, 0) is 12.1 Å². The highest BCUT2D eigenvalue weighted by Gasteiger charge is 2.13. The van der Waals surface area contributed by atoms with E-state index in [1.54, 1.807) is 0 Å². The molecule has 0 atom stereocenters. The minimum absolute atomic E-state index is 0.0109. The van der Waals surface area contributed by atoms with Crippen molar-refractivity contribution in [1.82, 2.24) is 9.88 Å². The van der Waals surface area contributed by atoms with Crippen molar-refractivity contribution in [2.75, 3.05) is 31.1 Å². The summed E-state index contributed by atoms with van der Waals surface area (Å²) in [6.07, 6.45) is 1.55. The quantitative estimate of drug-likeness (QED) is 0.768. The maximum atomic E-state index is 12.6. The van der Waals surface area contributed by atoms with E-state index in [9.17, 15) is 9.18 Å². The molecule has 5 heteroatoms. The van der Waals surface area contributed by atoms with Crippen molar-refractivity contribution in [3.63, 3.8) is 0 Å². The standard InChI is InChI=1S/C12H15FN2OS/c13-10-1-2-11(14-9-10)12(16)3-4-15-5-7-17-8-6-15/h1-2,9H,3-8H2. The van der Waals surface area contributed by atoms with Crippen molar-refractivity contribution in [2.24, 2.45) is 0 Å². The molecule has 1 aliphatic rings. The van der Waals surface area contributed by atoms with E-state index < -0.39 is 5.82 Å². The molecule has 0 spiro atoms. The maximum absolute atomic E-state index is 12.6. The fourth-order valence-electron chi connectivity index (χ4n) is 1.75. The van der Waals surface area contributed by atoms with Gasteiger partial charge < -0.3 is 4.90 Å². The molecule has 1 saturated heterocycles. The Kier molecular flexibility index (Phi) is 4.50. The summed E-state index contributed by atoms with van der Waals surface area (Å²) in [7, 11) is 0. The fourth-order valence-corrected chi connectivity index (χ4v) is 2.73. The van der Waals surface area contributed by atoms with E-state index in [0.29, 0.717) is 12.1 Å². The van der Waals surface area contributed by atoms with Crippen LogP contribution >= 0.6 is 11.8 Å². The van der Waals surface area contributed by atoms with Crippen LogP contribution in [0.1, 0.15) is 16.9 Å². The Morgan fingerprint density at radius 2 is 2.18 bits per heavy atom. The molecule has 1 fully saturated rings. The minimum Gasteiger partial charge on any atom is -0.301 e. The number of Topliss-reactive ketones (excluding diaryl/α,β-unsaturated/α-hetero) is 1. The molecule has 0 saturated carbocycles. The second kappa shape index (κ2) is 6.12. The lowest BCUT2D eigenvalue weighted by molar-refractivity contribution is 0.0961. The summed E-state index contributed by atoms with van der Waals surface area (Å²) in [5, 5.41) is 0. The third-order valence-corrected chi connectivity index (χ3v) is 3.71. The molecule has 0 aromatic carbocycles. The van der Waals surface area contributed by atoms with Gasteiger partial charge in [-0.15, -0.1) is 0 Å². The van der Waals surface area contributed by atoms with Crippen molar-refractivity contribution in [3.05, 3.63) is 29.8 Å². The lowest BCUT2D eigenvalue weighted by Gasteiger charge is -2.25. The van der Waals surface area contributed by atoms with E-state index >= 15 is 0 Å². The number of hydrogen-bond acceptors (Lipinski definition) is 4. The van der Waals surface area contributed by atoms with E-state index in [4.69, 9.17) is 0 Å². The maximum Gasteiger partial charge on any atom is 0.182 e. The highest BCUT2D eigenvalue weighted by molar-refractivity contribution is 7.99. The fraction of sp³-hybridized carbons (Fsp3) is 0.500. The molecule has 0 N–H and O–H groups in total. The van der Waals surface area contributed by atoms with Crippen molar-refractivity contribution < 1.29 is 9.18 Å². The van der Waals surface area contributed by atoms with Crippen molar-refractivity contribution in [3.8, 4) is 0 Å². The van der Waals surface area contributed by atoms with Gasteiger partial charge in [0, 0.05) is 37.6 Å².